The minimum atomic E-state index is -1.79. The average molecular weight is 1210 g/mol. The van der Waals surface area contributed by atoms with Gasteiger partial charge >= 0.3 is 0 Å². The quantitative estimate of drug-likeness (QED) is 0.0204. The molecule has 2 fully saturated rings. The third kappa shape index (κ3) is 40.3. The molecule has 14 heteroatoms. The van der Waals surface area contributed by atoms with Crippen molar-refractivity contribution in [2.45, 2.75) is 376 Å². The largest absolute Gasteiger partial charge is 0.394 e. The van der Waals surface area contributed by atoms with Crippen LogP contribution >= 0.6 is 0 Å². The summed E-state index contributed by atoms with van der Waals surface area (Å²) in [4.78, 5) is 13.3. The molecule has 0 saturated carbocycles. The predicted octanol–water partition coefficient (Wildman–Crippen LogP) is 14.3. The van der Waals surface area contributed by atoms with E-state index in [0.29, 0.717) is 6.42 Å². The van der Waals surface area contributed by atoms with Crippen LogP contribution in [0, 0.1) is 0 Å². The Labute approximate surface area is 518 Å². The third-order valence-electron chi connectivity index (χ3n) is 17.3. The molecule has 498 valence electrons. The lowest BCUT2D eigenvalue weighted by atomic mass is 9.97. The van der Waals surface area contributed by atoms with Gasteiger partial charge in [-0.1, -0.05) is 287 Å². The maximum Gasteiger partial charge on any atom is 0.220 e. The van der Waals surface area contributed by atoms with Gasteiger partial charge in [-0.15, -0.1) is 0 Å². The second-order valence-corrected chi connectivity index (χ2v) is 25.0. The first-order chi connectivity index (χ1) is 41.6. The topological polar surface area (TPSA) is 228 Å². The van der Waals surface area contributed by atoms with Gasteiger partial charge in [0.2, 0.25) is 5.91 Å². The number of amides is 1. The number of aliphatic hydroxyl groups is 8. The fraction of sp³-hybridized carbons (Fsp3) is 0.873. The van der Waals surface area contributed by atoms with Crippen LogP contribution < -0.4 is 5.32 Å². The first-order valence-electron chi connectivity index (χ1n) is 35.4. The van der Waals surface area contributed by atoms with Crippen molar-refractivity contribution in [3.63, 3.8) is 0 Å². The molecule has 0 aromatic rings. The highest BCUT2D eigenvalue weighted by Gasteiger charge is 2.51. The van der Waals surface area contributed by atoms with Crippen LogP contribution in [-0.4, -0.2) is 140 Å². The lowest BCUT2D eigenvalue weighted by Crippen LogP contribution is -2.65. The monoisotopic (exact) mass is 1210 g/mol. The number of allylic oxidation sites excluding steroid dienone is 7. The van der Waals surface area contributed by atoms with E-state index in [0.717, 1.165) is 57.8 Å². The number of rotatable bonds is 58. The molecule has 12 unspecified atom stereocenters. The molecule has 14 nitrogen and oxygen atoms in total. The summed E-state index contributed by atoms with van der Waals surface area (Å²) in [6.07, 6.45) is 55.8. The lowest BCUT2D eigenvalue weighted by molar-refractivity contribution is -0.359. The van der Waals surface area contributed by atoms with Crippen molar-refractivity contribution < 1.29 is 64.6 Å². The maximum absolute atomic E-state index is 13.3. The van der Waals surface area contributed by atoms with Crippen molar-refractivity contribution in [3.8, 4) is 0 Å². The zero-order valence-electron chi connectivity index (χ0n) is 54.1. The van der Waals surface area contributed by atoms with Gasteiger partial charge in [0.05, 0.1) is 32.0 Å². The second-order valence-electron chi connectivity index (χ2n) is 25.0. The van der Waals surface area contributed by atoms with Crippen LogP contribution in [0.2, 0.25) is 0 Å². The second kappa shape index (κ2) is 56.0. The van der Waals surface area contributed by atoms with E-state index in [-0.39, 0.29) is 18.9 Å². The number of unbranched alkanes of at least 4 members (excludes halogenated alkanes) is 39. The number of hydrogen-bond acceptors (Lipinski definition) is 13. The van der Waals surface area contributed by atoms with Crippen molar-refractivity contribution in [2.75, 3.05) is 19.8 Å². The number of hydrogen-bond donors (Lipinski definition) is 9. The standard InChI is InChI=1S/C71H131NO13/c1-3-5-7-9-11-13-15-17-19-21-23-25-27-29-31-32-34-36-38-40-42-44-46-48-50-52-54-60(75)59(58-82-70-68(81)66(79)69(62(57-74)84-70)85-71-67(80)65(78)64(77)61(56-73)83-71)72-63(76)55-53-51-49-47-45-43-41-39-37-35-33-30-28-26-24-22-20-18-16-14-12-10-8-6-4-2/h16,18,22,24,28,30,52,54,59-62,64-71,73-75,77-81H,3-15,17,19-21,23,25-27,29,31-51,53,55-58H2,1-2H3,(H,72,76)/b18-16-,24-22-,30-28-,54-52+. The molecule has 0 spiro atoms. The highest BCUT2D eigenvalue weighted by atomic mass is 16.7. The Bertz CT molecular complexity index is 1610. The minimum Gasteiger partial charge on any atom is -0.394 e. The average Bonchev–Trinajstić information content (AvgIpc) is 3.29. The van der Waals surface area contributed by atoms with E-state index in [9.17, 15) is 45.6 Å². The number of nitrogens with one attached hydrogen (secondary N) is 1. The van der Waals surface area contributed by atoms with Gasteiger partial charge in [-0.05, 0) is 57.8 Å². The molecular formula is C71H131NO13. The van der Waals surface area contributed by atoms with Gasteiger partial charge in [0.15, 0.2) is 12.6 Å². The zero-order chi connectivity index (χ0) is 61.6. The molecule has 9 N–H and O–H groups in total. The third-order valence-corrected chi connectivity index (χ3v) is 17.3. The van der Waals surface area contributed by atoms with Gasteiger partial charge in [0.1, 0.15) is 48.8 Å². The minimum absolute atomic E-state index is 0.240. The van der Waals surface area contributed by atoms with Crippen LogP contribution in [0.25, 0.3) is 0 Å². The summed E-state index contributed by atoms with van der Waals surface area (Å²) >= 11 is 0. The van der Waals surface area contributed by atoms with E-state index in [1.54, 1.807) is 6.08 Å². The predicted molar refractivity (Wildman–Crippen MR) is 346 cm³/mol. The van der Waals surface area contributed by atoms with Crippen LogP contribution in [-0.2, 0) is 23.7 Å². The van der Waals surface area contributed by atoms with E-state index >= 15 is 0 Å². The molecule has 2 aliphatic heterocycles. The van der Waals surface area contributed by atoms with Gasteiger partial charge in [-0.25, -0.2) is 0 Å². The van der Waals surface area contributed by atoms with Crippen LogP contribution in [0.1, 0.15) is 303 Å². The zero-order valence-corrected chi connectivity index (χ0v) is 54.1. The van der Waals surface area contributed by atoms with Crippen LogP contribution in [0.3, 0.4) is 0 Å². The number of carbonyl (C=O) groups is 1. The Balaban J connectivity index is 1.69. The molecule has 2 saturated heterocycles. The van der Waals surface area contributed by atoms with E-state index in [1.807, 2.05) is 6.08 Å². The van der Waals surface area contributed by atoms with E-state index in [4.69, 9.17) is 18.9 Å². The molecule has 0 bridgehead atoms. The molecule has 85 heavy (non-hydrogen) atoms. The summed E-state index contributed by atoms with van der Waals surface area (Å²) in [6, 6.07) is -0.920. The van der Waals surface area contributed by atoms with Gasteiger partial charge in [0.25, 0.3) is 0 Å². The molecule has 2 heterocycles. The van der Waals surface area contributed by atoms with E-state index < -0.39 is 86.8 Å². The normalized spacial score (nSPS) is 23.8. The van der Waals surface area contributed by atoms with Crippen molar-refractivity contribution in [1.29, 1.82) is 0 Å². The Morgan fingerprint density at radius 1 is 0.424 bits per heavy atom. The Hall–Kier alpha value is -2.05. The van der Waals surface area contributed by atoms with Crippen molar-refractivity contribution >= 4 is 5.91 Å². The van der Waals surface area contributed by atoms with Crippen LogP contribution in [0.4, 0.5) is 0 Å². The molecule has 0 aromatic heterocycles. The highest BCUT2D eigenvalue weighted by Crippen LogP contribution is 2.30. The highest BCUT2D eigenvalue weighted by molar-refractivity contribution is 5.76. The molecule has 2 aliphatic rings. The van der Waals surface area contributed by atoms with Gasteiger partial charge in [-0.2, -0.15) is 0 Å². The van der Waals surface area contributed by atoms with E-state index in [2.05, 4.69) is 55.6 Å². The fourth-order valence-electron chi connectivity index (χ4n) is 11.6. The molecule has 0 aromatic carbocycles. The summed E-state index contributed by atoms with van der Waals surface area (Å²) in [5, 5.41) is 87.5. The van der Waals surface area contributed by atoms with Crippen molar-refractivity contribution in [2.24, 2.45) is 0 Å². The van der Waals surface area contributed by atoms with Gasteiger partial charge in [-0.3, -0.25) is 4.79 Å². The fourth-order valence-corrected chi connectivity index (χ4v) is 11.6. The van der Waals surface area contributed by atoms with E-state index in [1.165, 1.54) is 218 Å². The molecule has 0 radical (unpaired) electrons. The smallest absolute Gasteiger partial charge is 0.220 e. The number of carbonyl (C=O) groups excluding carboxylic acids is 1. The number of ether oxygens (including phenoxy) is 4. The Morgan fingerprint density at radius 3 is 1.19 bits per heavy atom. The van der Waals surface area contributed by atoms with Crippen molar-refractivity contribution in [1.82, 2.24) is 5.32 Å². The van der Waals surface area contributed by atoms with Crippen molar-refractivity contribution in [3.05, 3.63) is 48.6 Å². The molecule has 1 amide bonds. The summed E-state index contributed by atoms with van der Waals surface area (Å²) in [5.74, 6) is -0.240. The summed E-state index contributed by atoms with van der Waals surface area (Å²) in [5.41, 5.74) is 0. The molecule has 12 atom stereocenters. The van der Waals surface area contributed by atoms with Crippen LogP contribution in [0.15, 0.2) is 48.6 Å². The van der Waals surface area contributed by atoms with Gasteiger partial charge < -0.3 is 65.1 Å². The summed E-state index contributed by atoms with van der Waals surface area (Å²) < 4.78 is 22.9. The molecule has 0 aliphatic carbocycles. The van der Waals surface area contributed by atoms with Gasteiger partial charge in [0, 0.05) is 6.42 Å². The molecular weight excluding hydrogens is 1070 g/mol. The maximum atomic E-state index is 13.3. The SMILES string of the molecule is CCCCCCC/C=C\C/C=C\C/C=C\CCCCCCCCCCCCC(=O)NC(COC1OC(CO)C(OC2OC(CO)C(O)C(O)C2O)C(O)C1O)C(O)/C=C/CCCCCCCCCCCCCCCCCCCCCCCCCC. The number of aliphatic hydroxyl groups excluding tert-OH is 8. The Kier molecular flexibility index (Phi) is 52.1. The first kappa shape index (κ1) is 79.0. The lowest BCUT2D eigenvalue weighted by Gasteiger charge is -2.46. The van der Waals surface area contributed by atoms with Crippen LogP contribution in [0.5, 0.6) is 0 Å². The first-order valence-corrected chi connectivity index (χ1v) is 35.4. The Morgan fingerprint density at radius 2 is 0.776 bits per heavy atom. The summed E-state index contributed by atoms with van der Waals surface area (Å²) in [6.45, 7) is 2.82. The summed E-state index contributed by atoms with van der Waals surface area (Å²) in [7, 11) is 0. The molecule has 2 rings (SSSR count).